The number of carbonyl (C=O) groups excluding carboxylic acids is 2. The number of rotatable bonds is 7. The number of aliphatic hydroxyl groups excluding tert-OH is 1. The van der Waals surface area contributed by atoms with Crippen molar-refractivity contribution in [2.24, 2.45) is 0 Å². The molecule has 1 N–H and O–H groups in total. The van der Waals surface area contributed by atoms with Crippen LogP contribution in [0.3, 0.4) is 0 Å². The fourth-order valence-corrected chi connectivity index (χ4v) is 3.39. The largest absolute Gasteiger partial charge is 0.396 e. The molecule has 0 spiro atoms. The summed E-state index contributed by atoms with van der Waals surface area (Å²) < 4.78 is 13.2. The van der Waals surface area contributed by atoms with Crippen molar-refractivity contribution in [2.75, 3.05) is 18.1 Å². The van der Waals surface area contributed by atoms with E-state index in [0.29, 0.717) is 31.4 Å². The first kappa shape index (κ1) is 18.3. The summed E-state index contributed by atoms with van der Waals surface area (Å²) in [7, 11) is 0. The minimum absolute atomic E-state index is 0.00665. The molecule has 2 aromatic carbocycles. The maximum absolute atomic E-state index is 13.2. The summed E-state index contributed by atoms with van der Waals surface area (Å²) in [5.41, 5.74) is 1.99. The van der Waals surface area contributed by atoms with Crippen molar-refractivity contribution < 1.29 is 19.1 Å². The predicted molar refractivity (Wildman–Crippen MR) is 97.8 cm³/mol. The molecule has 1 aliphatic rings. The van der Waals surface area contributed by atoms with Gasteiger partial charge in [0.15, 0.2) is 5.78 Å². The molecule has 0 saturated carbocycles. The van der Waals surface area contributed by atoms with E-state index in [1.807, 2.05) is 6.07 Å². The first-order valence-electron chi connectivity index (χ1n) is 8.91. The van der Waals surface area contributed by atoms with Gasteiger partial charge in [-0.1, -0.05) is 24.3 Å². The topological polar surface area (TPSA) is 57.6 Å². The zero-order valence-electron chi connectivity index (χ0n) is 14.5. The molecule has 1 aliphatic heterocycles. The molecule has 4 nitrogen and oxygen atoms in total. The third-order valence-corrected chi connectivity index (χ3v) is 4.76. The lowest BCUT2D eigenvalue weighted by atomic mass is 9.87. The summed E-state index contributed by atoms with van der Waals surface area (Å²) in [6.07, 6.45) is 2.32. The number of aliphatic hydroxyl groups is 1. The highest BCUT2D eigenvalue weighted by Crippen LogP contribution is 2.29. The number of Topliss-reactive ketones (excluding diaryl/α,β-unsaturated/α-hetero) is 1. The quantitative estimate of drug-likeness (QED) is 0.771. The third kappa shape index (κ3) is 3.99. The monoisotopic (exact) mass is 355 g/mol. The fourth-order valence-electron chi connectivity index (χ4n) is 3.39. The molecular formula is C21H22FNO3. The van der Waals surface area contributed by atoms with Gasteiger partial charge in [-0.15, -0.1) is 0 Å². The predicted octanol–water partition coefficient (Wildman–Crippen LogP) is 3.69. The number of amides is 1. The molecule has 0 aromatic heterocycles. The molecule has 1 fully saturated rings. The average molecular weight is 355 g/mol. The molecule has 5 heteroatoms. The van der Waals surface area contributed by atoms with Gasteiger partial charge in [-0.3, -0.25) is 9.59 Å². The van der Waals surface area contributed by atoms with Crippen molar-refractivity contribution >= 4 is 17.4 Å². The minimum Gasteiger partial charge on any atom is -0.396 e. The van der Waals surface area contributed by atoms with Crippen LogP contribution in [0.15, 0.2) is 48.5 Å². The number of carbonyl (C=O) groups is 2. The number of anilines is 1. The molecule has 1 heterocycles. The summed E-state index contributed by atoms with van der Waals surface area (Å²) in [6, 6.07) is 13.0. The Labute approximate surface area is 152 Å². The highest BCUT2D eigenvalue weighted by Gasteiger charge is 2.25. The van der Waals surface area contributed by atoms with Gasteiger partial charge < -0.3 is 10.0 Å². The lowest BCUT2D eigenvalue weighted by Gasteiger charge is -2.19. The van der Waals surface area contributed by atoms with Crippen molar-refractivity contribution in [1.29, 1.82) is 0 Å². The smallest absolute Gasteiger partial charge is 0.227 e. The lowest BCUT2D eigenvalue weighted by molar-refractivity contribution is -0.117. The second-order valence-electron chi connectivity index (χ2n) is 6.53. The molecule has 1 atom stereocenters. The Balaban J connectivity index is 1.88. The van der Waals surface area contributed by atoms with Crippen LogP contribution in [0.4, 0.5) is 10.1 Å². The van der Waals surface area contributed by atoms with Crippen molar-refractivity contribution in [2.45, 2.75) is 31.6 Å². The van der Waals surface area contributed by atoms with Crippen LogP contribution >= 0.6 is 0 Å². The van der Waals surface area contributed by atoms with Crippen LogP contribution in [0.2, 0.25) is 0 Å². The normalized spacial score (nSPS) is 15.3. The van der Waals surface area contributed by atoms with Crippen molar-refractivity contribution in [3.63, 3.8) is 0 Å². The molecule has 2 aromatic rings. The van der Waals surface area contributed by atoms with Crippen LogP contribution in [0.5, 0.6) is 0 Å². The number of hydrogen-bond donors (Lipinski definition) is 1. The van der Waals surface area contributed by atoms with E-state index in [1.165, 1.54) is 12.1 Å². The van der Waals surface area contributed by atoms with Crippen LogP contribution < -0.4 is 4.90 Å². The molecule has 0 unspecified atom stereocenters. The standard InChI is InChI=1S/C21H22FNO3/c22-17-10-8-15(9-11-17)19(6-3-13-24)21(26)16-4-1-5-18(14-16)23-12-2-7-20(23)25/h1,4-5,8-11,14,19,24H,2-3,6-7,12-13H2/t19-/m0/s1. The van der Waals surface area contributed by atoms with E-state index >= 15 is 0 Å². The summed E-state index contributed by atoms with van der Waals surface area (Å²) in [4.78, 5) is 26.8. The first-order chi connectivity index (χ1) is 12.6. The second kappa shape index (κ2) is 8.23. The number of ketones is 1. The van der Waals surface area contributed by atoms with E-state index in [1.54, 1.807) is 35.2 Å². The fraction of sp³-hybridized carbons (Fsp3) is 0.333. The molecule has 0 aliphatic carbocycles. The molecular weight excluding hydrogens is 333 g/mol. The number of nitrogens with zero attached hydrogens (tertiary/aromatic N) is 1. The van der Waals surface area contributed by atoms with Crippen LogP contribution in [0, 0.1) is 5.82 Å². The molecule has 3 rings (SSSR count). The average Bonchev–Trinajstić information content (AvgIpc) is 3.09. The third-order valence-electron chi connectivity index (χ3n) is 4.76. The van der Waals surface area contributed by atoms with Crippen molar-refractivity contribution in [3.05, 3.63) is 65.5 Å². The maximum Gasteiger partial charge on any atom is 0.227 e. The second-order valence-corrected chi connectivity index (χ2v) is 6.53. The summed E-state index contributed by atoms with van der Waals surface area (Å²) in [6.45, 7) is 0.662. The zero-order chi connectivity index (χ0) is 18.5. The van der Waals surface area contributed by atoms with Crippen LogP contribution in [-0.2, 0) is 4.79 Å². The molecule has 136 valence electrons. The highest BCUT2D eigenvalue weighted by molar-refractivity contribution is 6.03. The lowest BCUT2D eigenvalue weighted by Crippen LogP contribution is -2.24. The highest BCUT2D eigenvalue weighted by atomic mass is 19.1. The van der Waals surface area contributed by atoms with Crippen LogP contribution in [-0.4, -0.2) is 29.9 Å². The van der Waals surface area contributed by atoms with E-state index in [4.69, 9.17) is 5.11 Å². The van der Waals surface area contributed by atoms with Gasteiger partial charge in [0.25, 0.3) is 0 Å². The zero-order valence-corrected chi connectivity index (χ0v) is 14.5. The molecule has 0 radical (unpaired) electrons. The Hall–Kier alpha value is -2.53. The van der Waals surface area contributed by atoms with Crippen molar-refractivity contribution in [1.82, 2.24) is 0 Å². The van der Waals surface area contributed by atoms with Gasteiger partial charge in [-0.05, 0) is 49.1 Å². The van der Waals surface area contributed by atoms with Gasteiger partial charge in [-0.2, -0.15) is 0 Å². The summed E-state index contributed by atoms with van der Waals surface area (Å²) in [5, 5.41) is 9.16. The van der Waals surface area contributed by atoms with E-state index in [9.17, 15) is 14.0 Å². The van der Waals surface area contributed by atoms with Gasteiger partial charge in [0.05, 0.1) is 0 Å². The van der Waals surface area contributed by atoms with E-state index < -0.39 is 5.92 Å². The molecule has 1 saturated heterocycles. The Kier molecular flexibility index (Phi) is 5.78. The summed E-state index contributed by atoms with van der Waals surface area (Å²) in [5.74, 6) is -0.813. The van der Waals surface area contributed by atoms with Crippen LogP contribution in [0.1, 0.15) is 47.5 Å². The Morgan fingerprint density at radius 1 is 1.19 bits per heavy atom. The van der Waals surface area contributed by atoms with Gasteiger partial charge in [-0.25, -0.2) is 4.39 Å². The van der Waals surface area contributed by atoms with Gasteiger partial charge in [0.1, 0.15) is 5.82 Å². The van der Waals surface area contributed by atoms with Gasteiger partial charge in [0.2, 0.25) is 5.91 Å². The van der Waals surface area contributed by atoms with E-state index in [-0.39, 0.29) is 24.1 Å². The number of hydrogen-bond acceptors (Lipinski definition) is 3. The van der Waals surface area contributed by atoms with E-state index in [0.717, 1.165) is 17.7 Å². The number of halogens is 1. The first-order valence-corrected chi connectivity index (χ1v) is 8.91. The van der Waals surface area contributed by atoms with Gasteiger partial charge >= 0.3 is 0 Å². The maximum atomic E-state index is 13.2. The summed E-state index contributed by atoms with van der Waals surface area (Å²) >= 11 is 0. The van der Waals surface area contributed by atoms with Crippen molar-refractivity contribution in [3.8, 4) is 0 Å². The Morgan fingerprint density at radius 2 is 1.96 bits per heavy atom. The van der Waals surface area contributed by atoms with Crippen LogP contribution in [0.25, 0.3) is 0 Å². The SMILES string of the molecule is O=C(c1cccc(N2CCCC2=O)c1)[C@@H](CCCO)c1ccc(F)cc1. The molecule has 0 bridgehead atoms. The molecule has 1 amide bonds. The number of benzene rings is 2. The van der Waals surface area contributed by atoms with E-state index in [2.05, 4.69) is 0 Å². The minimum atomic E-state index is -0.452. The molecule has 26 heavy (non-hydrogen) atoms. The Morgan fingerprint density at radius 3 is 2.62 bits per heavy atom. The Bertz CT molecular complexity index is 788. The van der Waals surface area contributed by atoms with Gasteiger partial charge in [0, 0.05) is 36.7 Å².